The van der Waals surface area contributed by atoms with Crippen LogP contribution < -0.4 is 15.4 Å². The van der Waals surface area contributed by atoms with Crippen molar-refractivity contribution in [2.45, 2.75) is 58.9 Å². The third-order valence-electron chi connectivity index (χ3n) is 13.4. The average molecular weight is 927 g/mol. The first-order valence-corrected chi connectivity index (χ1v) is 23.0. The molecule has 3 N–H and O–H groups in total. The second-order valence-corrected chi connectivity index (χ2v) is 17.9. The highest BCUT2D eigenvalue weighted by atomic mass is 35.5. The predicted octanol–water partition coefficient (Wildman–Crippen LogP) is 7.95. The summed E-state index contributed by atoms with van der Waals surface area (Å²) >= 11 is 7.08. The summed E-state index contributed by atoms with van der Waals surface area (Å²) < 4.78 is 23.9. The number of aromatic nitrogens is 4. The number of carboxylic acids is 1. The van der Waals surface area contributed by atoms with Crippen LogP contribution in [-0.4, -0.2) is 104 Å². The zero-order valence-corrected chi connectivity index (χ0v) is 38.7. The highest BCUT2D eigenvalue weighted by Crippen LogP contribution is 2.42. The molecule has 0 saturated carbocycles. The fourth-order valence-corrected chi connectivity index (χ4v) is 10.2. The number of carbonyl (C=O) groups is 4. The van der Waals surface area contributed by atoms with Crippen LogP contribution in [0.25, 0.3) is 43.7 Å². The maximum Gasteiger partial charge on any atom is 0.352 e. The number of imide groups is 1. The van der Waals surface area contributed by atoms with E-state index in [2.05, 4.69) is 20.6 Å². The van der Waals surface area contributed by atoms with Crippen molar-refractivity contribution < 1.29 is 33.4 Å². The molecule has 0 aliphatic carbocycles. The molecule has 3 amide bonds. The van der Waals surface area contributed by atoms with E-state index in [1.807, 2.05) is 96.6 Å². The predicted molar refractivity (Wildman–Crippen MR) is 256 cm³/mol. The fourth-order valence-electron chi connectivity index (χ4n) is 9.91. The van der Waals surface area contributed by atoms with Gasteiger partial charge in [-0.3, -0.25) is 34.3 Å². The maximum absolute atomic E-state index is 14.0. The average Bonchev–Trinajstić information content (AvgIpc) is 3.76. The van der Waals surface area contributed by atoms with Crippen molar-refractivity contribution in [2.24, 2.45) is 7.05 Å². The van der Waals surface area contributed by atoms with Gasteiger partial charge in [-0.05, 0) is 99.0 Å². The zero-order valence-electron chi connectivity index (χ0n) is 37.9. The number of carbonyl (C=O) groups excluding carboxylic acids is 3. The van der Waals surface area contributed by atoms with Gasteiger partial charge in [-0.2, -0.15) is 5.10 Å². The number of amides is 3. The molecule has 5 heterocycles. The summed E-state index contributed by atoms with van der Waals surface area (Å²) in [6.45, 7) is 9.25. The molecule has 14 nitrogen and oxygen atoms in total. The van der Waals surface area contributed by atoms with Gasteiger partial charge < -0.3 is 24.6 Å². The third-order valence-corrected chi connectivity index (χ3v) is 13.7. The van der Waals surface area contributed by atoms with Gasteiger partial charge in [0.2, 0.25) is 17.7 Å². The molecule has 7 aromatic rings. The topological polar surface area (TPSA) is 164 Å². The molecule has 2 saturated heterocycles. The first-order chi connectivity index (χ1) is 32.3. The van der Waals surface area contributed by atoms with Crippen molar-refractivity contribution in [3.8, 4) is 16.9 Å². The Morgan fingerprint density at radius 3 is 2.43 bits per heavy atom. The monoisotopic (exact) mass is 926 g/mol. The van der Waals surface area contributed by atoms with Crippen LogP contribution in [0, 0.1) is 26.6 Å². The third kappa shape index (κ3) is 8.93. The number of ether oxygens (including phenoxy) is 1. The Hall–Kier alpha value is -6.84. The molecule has 2 aliphatic rings. The largest absolute Gasteiger partial charge is 0.493 e. The first-order valence-electron chi connectivity index (χ1n) is 22.6. The summed E-state index contributed by atoms with van der Waals surface area (Å²) in [4.78, 5) is 60.3. The van der Waals surface area contributed by atoms with Crippen LogP contribution >= 0.6 is 11.6 Å². The van der Waals surface area contributed by atoms with Gasteiger partial charge >= 0.3 is 5.97 Å². The number of fused-ring (bicyclic) bond motifs is 3. The molecular weight excluding hydrogens is 875 g/mol. The van der Waals surface area contributed by atoms with Crippen LogP contribution in [0.3, 0.4) is 0 Å². The van der Waals surface area contributed by atoms with Crippen molar-refractivity contribution >= 4 is 73.6 Å². The number of aromatic carboxylic acids is 1. The van der Waals surface area contributed by atoms with Crippen LogP contribution in [-0.2, 0) is 34.4 Å². The SMILES string of the molecule is Cc1nc2c(NCC(=O)N3CCN(CCn4c(C(=O)O)c(CCCOc5cccc6cc(F)ccc56)c5ccc(Cl)c(-c6c(C)nn(C)c6C)c54)CC3)cccc2cc1C1CCC(=O)NC1=O. The van der Waals surface area contributed by atoms with Gasteiger partial charge in [0.05, 0.1) is 46.5 Å². The van der Waals surface area contributed by atoms with E-state index in [-0.39, 0.29) is 42.2 Å². The number of nitrogens with one attached hydrogen (secondary N) is 2. The number of hydrogen-bond donors (Lipinski definition) is 3. The number of nitrogens with zero attached hydrogens (tertiary/aromatic N) is 6. The standard InChI is InChI=1S/C51H52ClFN8O6/c1-29-39(38-16-18-43(62)56-50(38)64)27-33-9-5-11-41(47(33)55-29)54-28-44(63)60-22-19-59(20-23-60)21-24-61-48-37(15-17-40(52)46(48)45-30(2)57-58(4)31(45)3)36(49(61)51(65)66)10-7-25-67-42-12-6-8-32-26-34(53)13-14-35(32)42/h5-6,8-9,11-15,17,26-27,38,54H,7,10,16,18-25,28H2,1-4H3,(H,65,66)(H,56,62,64). The van der Waals surface area contributed by atoms with Gasteiger partial charge in [0.25, 0.3) is 0 Å². The van der Waals surface area contributed by atoms with E-state index < -0.39 is 11.9 Å². The second kappa shape index (κ2) is 18.8. The molecule has 4 aromatic carbocycles. The molecule has 16 heteroatoms. The minimum absolute atomic E-state index is 0.0532. The summed E-state index contributed by atoms with van der Waals surface area (Å²) in [5, 5.41) is 25.0. The Bertz CT molecular complexity index is 3120. The molecule has 0 radical (unpaired) electrons. The maximum atomic E-state index is 14.0. The van der Waals surface area contributed by atoms with E-state index in [4.69, 9.17) is 21.3 Å². The van der Waals surface area contributed by atoms with E-state index >= 15 is 0 Å². The van der Waals surface area contributed by atoms with E-state index in [1.54, 1.807) is 6.07 Å². The number of carboxylic acid groups (broad SMARTS) is 1. The Morgan fingerprint density at radius 1 is 0.925 bits per heavy atom. The molecule has 67 heavy (non-hydrogen) atoms. The van der Waals surface area contributed by atoms with Crippen LogP contribution in [0.1, 0.15) is 63.9 Å². The number of benzene rings is 4. The lowest BCUT2D eigenvalue weighted by atomic mass is 9.89. The zero-order chi connectivity index (χ0) is 47.1. The van der Waals surface area contributed by atoms with Crippen LogP contribution in [0.15, 0.2) is 72.8 Å². The van der Waals surface area contributed by atoms with Crippen molar-refractivity contribution in [1.29, 1.82) is 0 Å². The van der Waals surface area contributed by atoms with Crippen LogP contribution in [0.4, 0.5) is 10.1 Å². The lowest BCUT2D eigenvalue weighted by Gasteiger charge is -2.35. The Kier molecular flexibility index (Phi) is 12.7. The smallest absolute Gasteiger partial charge is 0.352 e. The van der Waals surface area contributed by atoms with E-state index in [0.717, 1.165) is 55.1 Å². The Balaban J connectivity index is 0.903. The Labute approximate surface area is 391 Å². The molecule has 1 atom stereocenters. The van der Waals surface area contributed by atoms with Crippen molar-refractivity contribution in [2.75, 3.05) is 51.2 Å². The van der Waals surface area contributed by atoms with E-state index in [9.17, 15) is 28.7 Å². The van der Waals surface area contributed by atoms with Crippen LogP contribution in [0.2, 0.25) is 5.02 Å². The molecule has 2 fully saturated rings. The number of para-hydroxylation sites is 1. The number of pyridine rings is 1. The second-order valence-electron chi connectivity index (χ2n) is 17.5. The minimum Gasteiger partial charge on any atom is -0.493 e. The van der Waals surface area contributed by atoms with Crippen molar-refractivity contribution in [1.82, 2.24) is 34.4 Å². The summed E-state index contributed by atoms with van der Waals surface area (Å²) in [5.74, 6) is -1.80. The number of piperazine rings is 1. The summed E-state index contributed by atoms with van der Waals surface area (Å²) in [6.07, 6.45) is 1.66. The van der Waals surface area contributed by atoms with Gasteiger partial charge in [-0.15, -0.1) is 0 Å². The van der Waals surface area contributed by atoms with Gasteiger partial charge in [-0.25, -0.2) is 9.18 Å². The van der Waals surface area contributed by atoms with Gasteiger partial charge in [0.1, 0.15) is 17.3 Å². The van der Waals surface area contributed by atoms with E-state index in [0.29, 0.717) is 98.4 Å². The summed E-state index contributed by atoms with van der Waals surface area (Å²) in [6, 6.07) is 21.5. The van der Waals surface area contributed by atoms with Crippen molar-refractivity contribution in [3.63, 3.8) is 0 Å². The van der Waals surface area contributed by atoms with Gasteiger partial charge in [-0.1, -0.05) is 41.9 Å². The summed E-state index contributed by atoms with van der Waals surface area (Å²) in [7, 11) is 1.88. The molecule has 9 rings (SSSR count). The molecule has 3 aromatic heterocycles. The Morgan fingerprint density at radius 2 is 1.69 bits per heavy atom. The van der Waals surface area contributed by atoms with Gasteiger partial charge in [0, 0.05) is 91.4 Å². The first kappa shape index (κ1) is 45.3. The molecular formula is C51H52ClFN8O6. The lowest BCUT2D eigenvalue weighted by Crippen LogP contribution is -2.50. The molecule has 1 unspecified atom stereocenters. The fraction of sp³-hybridized carbons (Fsp3) is 0.333. The molecule has 0 bridgehead atoms. The number of piperidine rings is 1. The summed E-state index contributed by atoms with van der Waals surface area (Å²) in [5.41, 5.74) is 7.81. The quantitative estimate of drug-likeness (QED) is 0.0721. The number of aryl methyl sites for hydroxylation is 4. The number of halogens is 2. The number of hydrogen-bond acceptors (Lipinski definition) is 9. The highest BCUT2D eigenvalue weighted by Gasteiger charge is 2.31. The van der Waals surface area contributed by atoms with E-state index in [1.165, 1.54) is 12.1 Å². The highest BCUT2D eigenvalue weighted by molar-refractivity contribution is 6.35. The number of anilines is 1. The van der Waals surface area contributed by atoms with Crippen molar-refractivity contribution in [3.05, 3.63) is 118 Å². The molecule has 0 spiro atoms. The minimum atomic E-state index is -1.04. The lowest BCUT2D eigenvalue weighted by molar-refractivity contribution is -0.134. The molecule has 2 aliphatic heterocycles. The normalized spacial score (nSPS) is 15.7. The molecule has 346 valence electrons. The number of rotatable bonds is 14. The van der Waals surface area contributed by atoms with Crippen LogP contribution in [0.5, 0.6) is 5.75 Å². The van der Waals surface area contributed by atoms with Gasteiger partial charge in [0.15, 0.2) is 0 Å².